The third-order valence-electron chi connectivity index (χ3n) is 6.62. The van der Waals surface area contributed by atoms with Crippen LogP contribution in [0.4, 0.5) is 0 Å². The minimum atomic E-state index is -0.434. The van der Waals surface area contributed by atoms with Crippen LogP contribution in [0, 0.1) is 6.92 Å². The standard InChI is InChI=1S/C29H27NO6/c1-18-24(10-9-22-23(15-28(32)36-29(18)22)19-7-5-4-6-8-19)35-17-27(31)30-12-11-20-13-25(33-2)26(34-3)14-21(20)16-30/h4-10,13-15H,11-12,16-17H2,1-3H3. The average molecular weight is 486 g/mol. The zero-order valence-corrected chi connectivity index (χ0v) is 20.5. The molecule has 2 heterocycles. The highest BCUT2D eigenvalue weighted by atomic mass is 16.5. The third kappa shape index (κ3) is 4.40. The molecule has 7 nitrogen and oxygen atoms in total. The van der Waals surface area contributed by atoms with Crippen molar-refractivity contribution in [3.63, 3.8) is 0 Å². The summed E-state index contributed by atoms with van der Waals surface area (Å²) in [5.41, 5.74) is 4.61. The van der Waals surface area contributed by atoms with Gasteiger partial charge in [0.15, 0.2) is 18.1 Å². The summed E-state index contributed by atoms with van der Waals surface area (Å²) >= 11 is 0. The van der Waals surface area contributed by atoms with Gasteiger partial charge in [0.05, 0.1) is 14.2 Å². The number of nitrogens with zero attached hydrogens (tertiary/aromatic N) is 1. The zero-order valence-electron chi connectivity index (χ0n) is 20.5. The van der Waals surface area contributed by atoms with Gasteiger partial charge in [-0.1, -0.05) is 30.3 Å². The molecule has 0 radical (unpaired) electrons. The number of aryl methyl sites for hydroxylation is 1. The van der Waals surface area contributed by atoms with E-state index in [9.17, 15) is 9.59 Å². The first-order chi connectivity index (χ1) is 17.5. The Bertz CT molecular complexity index is 1490. The van der Waals surface area contributed by atoms with E-state index < -0.39 is 5.63 Å². The topological polar surface area (TPSA) is 78.2 Å². The summed E-state index contributed by atoms with van der Waals surface area (Å²) in [7, 11) is 3.21. The molecule has 1 amide bonds. The molecule has 5 rings (SSSR count). The van der Waals surface area contributed by atoms with Crippen molar-refractivity contribution in [2.24, 2.45) is 0 Å². The van der Waals surface area contributed by atoms with Crippen molar-refractivity contribution >= 4 is 16.9 Å². The van der Waals surface area contributed by atoms with Crippen LogP contribution >= 0.6 is 0 Å². The Kier molecular flexibility index (Phi) is 6.38. The smallest absolute Gasteiger partial charge is 0.336 e. The van der Waals surface area contributed by atoms with Crippen LogP contribution in [0.25, 0.3) is 22.1 Å². The normalized spacial score (nSPS) is 12.8. The van der Waals surface area contributed by atoms with E-state index in [2.05, 4.69) is 0 Å². The lowest BCUT2D eigenvalue weighted by Crippen LogP contribution is -2.38. The van der Waals surface area contributed by atoms with Crippen LogP contribution in [-0.2, 0) is 17.8 Å². The van der Waals surface area contributed by atoms with Gasteiger partial charge in [0.25, 0.3) is 5.91 Å². The highest BCUT2D eigenvalue weighted by molar-refractivity contribution is 5.95. The van der Waals surface area contributed by atoms with Crippen LogP contribution in [0.1, 0.15) is 16.7 Å². The van der Waals surface area contributed by atoms with E-state index in [1.165, 1.54) is 6.07 Å². The van der Waals surface area contributed by atoms with Gasteiger partial charge >= 0.3 is 5.63 Å². The van der Waals surface area contributed by atoms with Crippen molar-refractivity contribution in [2.75, 3.05) is 27.4 Å². The molecule has 0 saturated heterocycles. The van der Waals surface area contributed by atoms with Gasteiger partial charge in [-0.15, -0.1) is 0 Å². The number of amides is 1. The fourth-order valence-corrected chi connectivity index (χ4v) is 4.68. The first-order valence-electron chi connectivity index (χ1n) is 11.8. The highest BCUT2D eigenvalue weighted by Crippen LogP contribution is 2.34. The quantitative estimate of drug-likeness (QED) is 0.367. The lowest BCUT2D eigenvalue weighted by molar-refractivity contribution is -0.134. The summed E-state index contributed by atoms with van der Waals surface area (Å²) < 4.78 is 22.3. The molecule has 4 aromatic rings. The molecule has 0 spiro atoms. The second-order valence-corrected chi connectivity index (χ2v) is 8.74. The molecular formula is C29H27NO6. The van der Waals surface area contributed by atoms with Crippen molar-refractivity contribution in [3.05, 3.63) is 87.8 Å². The summed E-state index contributed by atoms with van der Waals surface area (Å²) in [6.45, 7) is 2.79. The number of hydrogen-bond acceptors (Lipinski definition) is 6. The summed E-state index contributed by atoms with van der Waals surface area (Å²) in [5, 5.41) is 0.814. The fraction of sp³-hybridized carbons (Fsp3) is 0.241. The van der Waals surface area contributed by atoms with E-state index in [0.717, 1.165) is 34.1 Å². The molecule has 0 saturated carbocycles. The number of benzene rings is 3. The maximum absolute atomic E-state index is 13.0. The summed E-state index contributed by atoms with van der Waals surface area (Å²) in [6, 6.07) is 18.8. The number of ether oxygens (including phenoxy) is 3. The molecule has 1 aliphatic heterocycles. The molecule has 3 aromatic carbocycles. The van der Waals surface area contributed by atoms with E-state index in [1.54, 1.807) is 19.1 Å². The Labute approximate surface area is 208 Å². The first kappa shape index (κ1) is 23.5. The summed E-state index contributed by atoms with van der Waals surface area (Å²) in [6.07, 6.45) is 0.726. The van der Waals surface area contributed by atoms with Gasteiger partial charge in [-0.05, 0) is 59.9 Å². The minimum Gasteiger partial charge on any atom is -0.493 e. The largest absolute Gasteiger partial charge is 0.493 e. The number of carbonyl (C=O) groups excluding carboxylic acids is 1. The number of hydrogen-bond donors (Lipinski definition) is 0. The maximum atomic E-state index is 13.0. The van der Waals surface area contributed by atoms with Gasteiger partial charge in [0.1, 0.15) is 11.3 Å². The Morgan fingerprint density at radius 1 is 0.944 bits per heavy atom. The van der Waals surface area contributed by atoms with E-state index in [1.807, 2.05) is 61.5 Å². The molecule has 1 aromatic heterocycles. The van der Waals surface area contributed by atoms with Gasteiger partial charge in [-0.2, -0.15) is 0 Å². The fourth-order valence-electron chi connectivity index (χ4n) is 4.68. The van der Waals surface area contributed by atoms with E-state index in [4.69, 9.17) is 18.6 Å². The maximum Gasteiger partial charge on any atom is 0.336 e. The van der Waals surface area contributed by atoms with Gasteiger partial charge in [0, 0.05) is 30.1 Å². The second-order valence-electron chi connectivity index (χ2n) is 8.74. The molecule has 7 heteroatoms. The molecule has 0 bridgehead atoms. The molecule has 0 aliphatic carbocycles. The Morgan fingerprint density at radius 3 is 2.39 bits per heavy atom. The number of fused-ring (bicyclic) bond motifs is 2. The van der Waals surface area contributed by atoms with Crippen LogP contribution in [-0.4, -0.2) is 38.2 Å². The predicted octanol–water partition coefficient (Wildman–Crippen LogP) is 4.75. The molecular weight excluding hydrogens is 458 g/mol. The van der Waals surface area contributed by atoms with E-state index >= 15 is 0 Å². The van der Waals surface area contributed by atoms with Crippen molar-refractivity contribution < 1.29 is 23.4 Å². The molecule has 0 atom stereocenters. The van der Waals surface area contributed by atoms with Crippen molar-refractivity contribution in [1.29, 1.82) is 0 Å². The Hall–Kier alpha value is -4.26. The second kappa shape index (κ2) is 9.77. The molecule has 184 valence electrons. The minimum absolute atomic E-state index is 0.114. The lowest BCUT2D eigenvalue weighted by Gasteiger charge is -2.29. The first-order valence-corrected chi connectivity index (χ1v) is 11.8. The predicted molar refractivity (Wildman–Crippen MR) is 137 cm³/mol. The lowest BCUT2D eigenvalue weighted by atomic mass is 9.98. The van der Waals surface area contributed by atoms with Crippen molar-refractivity contribution in [1.82, 2.24) is 4.90 Å². The summed E-state index contributed by atoms with van der Waals surface area (Å²) in [5.74, 6) is 1.72. The monoisotopic (exact) mass is 485 g/mol. The Morgan fingerprint density at radius 2 is 1.67 bits per heavy atom. The van der Waals surface area contributed by atoms with Crippen molar-refractivity contribution in [2.45, 2.75) is 19.9 Å². The number of rotatable bonds is 6. The highest BCUT2D eigenvalue weighted by Gasteiger charge is 2.23. The van der Waals surface area contributed by atoms with Crippen LogP contribution in [0.15, 0.2) is 69.9 Å². The number of methoxy groups -OCH3 is 2. The van der Waals surface area contributed by atoms with Crippen LogP contribution in [0.2, 0.25) is 0 Å². The van der Waals surface area contributed by atoms with Gasteiger partial charge in [-0.25, -0.2) is 4.79 Å². The molecule has 36 heavy (non-hydrogen) atoms. The summed E-state index contributed by atoms with van der Waals surface area (Å²) in [4.78, 5) is 27.1. The molecule has 0 N–H and O–H groups in total. The van der Waals surface area contributed by atoms with E-state index in [0.29, 0.717) is 41.5 Å². The number of carbonyl (C=O) groups is 1. The molecule has 0 fully saturated rings. The van der Waals surface area contributed by atoms with Crippen LogP contribution < -0.4 is 19.8 Å². The van der Waals surface area contributed by atoms with Crippen LogP contribution in [0.5, 0.6) is 17.2 Å². The van der Waals surface area contributed by atoms with Gasteiger partial charge < -0.3 is 23.5 Å². The van der Waals surface area contributed by atoms with Crippen LogP contribution in [0.3, 0.4) is 0 Å². The van der Waals surface area contributed by atoms with Crippen molar-refractivity contribution in [3.8, 4) is 28.4 Å². The average Bonchev–Trinajstić information content (AvgIpc) is 2.91. The molecule has 0 unspecified atom stereocenters. The third-order valence-corrected chi connectivity index (χ3v) is 6.62. The Balaban J connectivity index is 1.35. The van der Waals surface area contributed by atoms with Gasteiger partial charge in [-0.3, -0.25) is 4.79 Å². The SMILES string of the molecule is COc1cc2c(cc1OC)CN(C(=O)COc1ccc3c(-c4ccccc4)cc(=O)oc3c1C)CC2. The molecule has 1 aliphatic rings. The zero-order chi connectivity index (χ0) is 25.2. The van der Waals surface area contributed by atoms with Gasteiger partial charge in [0.2, 0.25) is 0 Å². The van der Waals surface area contributed by atoms with E-state index in [-0.39, 0.29) is 12.5 Å².